The number of aromatic nitrogens is 2. The molecule has 2 aromatic heterocycles. The summed E-state index contributed by atoms with van der Waals surface area (Å²) in [6.07, 6.45) is 11.7. The van der Waals surface area contributed by atoms with Crippen LogP contribution in [0.3, 0.4) is 0 Å². The van der Waals surface area contributed by atoms with Crippen LogP contribution in [0.5, 0.6) is 0 Å². The fraction of sp³-hybridized carbons (Fsp3) is 0.474. The van der Waals surface area contributed by atoms with E-state index < -0.39 is 0 Å². The van der Waals surface area contributed by atoms with Gasteiger partial charge in [0.05, 0.1) is 5.69 Å². The minimum Gasteiger partial charge on any atom is -0.356 e. The molecule has 0 saturated heterocycles. The Morgan fingerprint density at radius 3 is 2.92 bits per heavy atom. The first-order chi connectivity index (χ1) is 11.7. The lowest BCUT2D eigenvalue weighted by Gasteiger charge is -2.21. The number of nitrogens with zero attached hydrogens (tertiary/aromatic N) is 4. The number of nitrogens with one attached hydrogen (secondary N) is 1. The van der Waals surface area contributed by atoms with E-state index in [1.54, 1.807) is 0 Å². The lowest BCUT2D eigenvalue weighted by atomic mass is 10.2. The zero-order valence-corrected chi connectivity index (χ0v) is 17.6. The molecule has 0 aromatic carbocycles. The van der Waals surface area contributed by atoms with Crippen LogP contribution in [-0.2, 0) is 6.42 Å². The Kier molecular flexibility index (Phi) is 10.2. The molecule has 138 valence electrons. The summed E-state index contributed by atoms with van der Waals surface area (Å²) in [5.74, 6) is 0.947. The van der Waals surface area contributed by atoms with E-state index in [0.29, 0.717) is 0 Å². The van der Waals surface area contributed by atoms with Crippen LogP contribution in [0.25, 0.3) is 5.65 Å². The average Bonchev–Trinajstić information content (AvgIpc) is 3.01. The summed E-state index contributed by atoms with van der Waals surface area (Å²) in [6.45, 7) is 5.61. The van der Waals surface area contributed by atoms with E-state index in [-0.39, 0.29) is 24.0 Å². The number of unbranched alkanes of at least 4 members (excludes halogenated alkanes) is 3. The fourth-order valence-corrected chi connectivity index (χ4v) is 2.72. The van der Waals surface area contributed by atoms with Gasteiger partial charge >= 0.3 is 0 Å². The predicted molar refractivity (Wildman–Crippen MR) is 117 cm³/mol. The molecule has 6 heteroatoms. The van der Waals surface area contributed by atoms with Crippen molar-refractivity contribution >= 4 is 35.6 Å². The number of imidazole rings is 1. The molecular formula is C19H30IN5. The molecule has 2 rings (SSSR count). The SMILES string of the molecule is C=CCCCCCN(C)C(=NC)NCCc1cn2ccccc2n1.I. The summed E-state index contributed by atoms with van der Waals surface area (Å²) in [5, 5.41) is 3.42. The molecule has 1 N–H and O–H groups in total. The molecule has 5 nitrogen and oxygen atoms in total. The van der Waals surface area contributed by atoms with E-state index in [0.717, 1.165) is 43.2 Å². The van der Waals surface area contributed by atoms with Gasteiger partial charge in [-0.25, -0.2) is 4.98 Å². The van der Waals surface area contributed by atoms with Crippen LogP contribution in [0.2, 0.25) is 0 Å². The summed E-state index contributed by atoms with van der Waals surface area (Å²) in [6, 6.07) is 6.05. The molecule has 25 heavy (non-hydrogen) atoms. The molecule has 0 fully saturated rings. The Hall–Kier alpha value is -1.57. The van der Waals surface area contributed by atoms with Gasteiger partial charge in [-0.15, -0.1) is 30.6 Å². The number of guanidine groups is 1. The monoisotopic (exact) mass is 455 g/mol. The molecule has 0 aliphatic carbocycles. The van der Waals surface area contributed by atoms with Crippen molar-refractivity contribution in [3.05, 3.63) is 48.9 Å². The fourth-order valence-electron chi connectivity index (χ4n) is 2.72. The van der Waals surface area contributed by atoms with Crippen LogP contribution in [0.15, 0.2) is 48.2 Å². The van der Waals surface area contributed by atoms with Gasteiger partial charge in [0, 0.05) is 46.0 Å². The highest BCUT2D eigenvalue weighted by Crippen LogP contribution is 2.05. The minimum atomic E-state index is 0. The normalized spacial score (nSPS) is 11.2. The molecular weight excluding hydrogens is 425 g/mol. The Balaban J connectivity index is 0.00000312. The average molecular weight is 455 g/mol. The number of aliphatic imine (C=N–C) groups is 1. The van der Waals surface area contributed by atoms with Crippen LogP contribution < -0.4 is 5.32 Å². The van der Waals surface area contributed by atoms with Crippen LogP contribution in [0.1, 0.15) is 31.4 Å². The maximum absolute atomic E-state index is 4.62. The summed E-state index contributed by atoms with van der Waals surface area (Å²) in [5.41, 5.74) is 2.09. The Bertz CT molecular complexity index is 632. The number of halogens is 1. The van der Waals surface area contributed by atoms with Crippen molar-refractivity contribution in [1.29, 1.82) is 0 Å². The molecule has 0 saturated carbocycles. The first-order valence-electron chi connectivity index (χ1n) is 8.70. The second-order valence-electron chi connectivity index (χ2n) is 5.98. The van der Waals surface area contributed by atoms with Gasteiger partial charge in [-0.2, -0.15) is 0 Å². The van der Waals surface area contributed by atoms with E-state index in [2.05, 4.69) is 44.4 Å². The van der Waals surface area contributed by atoms with E-state index in [1.807, 2.05) is 37.5 Å². The third-order valence-corrected chi connectivity index (χ3v) is 4.05. The summed E-state index contributed by atoms with van der Waals surface area (Å²) in [4.78, 5) is 11.2. The van der Waals surface area contributed by atoms with Gasteiger partial charge in [-0.3, -0.25) is 4.99 Å². The van der Waals surface area contributed by atoms with E-state index in [9.17, 15) is 0 Å². The summed E-state index contributed by atoms with van der Waals surface area (Å²) >= 11 is 0. The van der Waals surface area contributed by atoms with E-state index in [1.165, 1.54) is 19.3 Å². The highest BCUT2D eigenvalue weighted by atomic mass is 127. The summed E-state index contributed by atoms with van der Waals surface area (Å²) < 4.78 is 2.06. The lowest BCUT2D eigenvalue weighted by Crippen LogP contribution is -2.40. The quantitative estimate of drug-likeness (QED) is 0.206. The van der Waals surface area contributed by atoms with Crippen LogP contribution in [-0.4, -0.2) is 47.4 Å². The summed E-state index contributed by atoms with van der Waals surface area (Å²) in [7, 11) is 3.93. The molecule has 0 atom stereocenters. The van der Waals surface area contributed by atoms with Gasteiger partial charge in [-0.1, -0.05) is 18.6 Å². The highest BCUT2D eigenvalue weighted by molar-refractivity contribution is 14.0. The second kappa shape index (κ2) is 11.9. The van der Waals surface area contributed by atoms with Crippen molar-refractivity contribution in [3.63, 3.8) is 0 Å². The zero-order valence-electron chi connectivity index (χ0n) is 15.3. The van der Waals surface area contributed by atoms with Gasteiger partial charge < -0.3 is 14.6 Å². The maximum atomic E-state index is 4.62. The van der Waals surface area contributed by atoms with Crippen molar-refractivity contribution < 1.29 is 0 Å². The third-order valence-electron chi connectivity index (χ3n) is 4.05. The van der Waals surface area contributed by atoms with Crippen LogP contribution in [0.4, 0.5) is 0 Å². The van der Waals surface area contributed by atoms with Crippen molar-refractivity contribution in [3.8, 4) is 0 Å². The molecule has 0 aliphatic heterocycles. The molecule has 0 radical (unpaired) electrons. The van der Waals surface area contributed by atoms with Gasteiger partial charge in [-0.05, 0) is 31.4 Å². The van der Waals surface area contributed by atoms with Crippen molar-refractivity contribution in [2.24, 2.45) is 4.99 Å². The Morgan fingerprint density at radius 1 is 1.36 bits per heavy atom. The van der Waals surface area contributed by atoms with Crippen molar-refractivity contribution in [2.45, 2.75) is 32.1 Å². The van der Waals surface area contributed by atoms with Crippen molar-refractivity contribution in [2.75, 3.05) is 27.2 Å². The standard InChI is InChI=1S/C19H29N5.HI/c1-4-5-6-7-9-14-23(3)19(20-2)21-13-12-17-16-24-15-10-8-11-18(24)22-17;/h4,8,10-11,15-16H,1,5-7,9,12-14H2,2-3H3,(H,20,21);1H. The number of hydrogen-bond acceptors (Lipinski definition) is 2. The molecule has 2 aromatic rings. The Morgan fingerprint density at radius 2 is 2.20 bits per heavy atom. The number of hydrogen-bond donors (Lipinski definition) is 1. The topological polar surface area (TPSA) is 44.9 Å². The first-order valence-corrected chi connectivity index (χ1v) is 8.70. The number of fused-ring (bicyclic) bond motifs is 1. The number of pyridine rings is 1. The largest absolute Gasteiger partial charge is 0.356 e. The smallest absolute Gasteiger partial charge is 0.193 e. The van der Waals surface area contributed by atoms with Gasteiger partial charge in [0.2, 0.25) is 0 Å². The number of allylic oxidation sites excluding steroid dienone is 1. The Labute approximate surface area is 168 Å². The zero-order chi connectivity index (χ0) is 17.2. The molecule has 0 amide bonds. The molecule has 0 unspecified atom stereocenters. The van der Waals surface area contributed by atoms with Crippen LogP contribution in [0, 0.1) is 0 Å². The maximum Gasteiger partial charge on any atom is 0.193 e. The highest BCUT2D eigenvalue weighted by Gasteiger charge is 2.06. The minimum absolute atomic E-state index is 0. The van der Waals surface area contributed by atoms with E-state index in [4.69, 9.17) is 0 Å². The predicted octanol–water partition coefficient (Wildman–Crippen LogP) is 3.75. The molecule has 0 bridgehead atoms. The van der Waals surface area contributed by atoms with Gasteiger partial charge in [0.25, 0.3) is 0 Å². The van der Waals surface area contributed by atoms with Crippen molar-refractivity contribution in [1.82, 2.24) is 19.6 Å². The molecule has 0 aliphatic rings. The third kappa shape index (κ3) is 7.05. The van der Waals surface area contributed by atoms with Gasteiger partial charge in [0.15, 0.2) is 5.96 Å². The molecule has 2 heterocycles. The number of rotatable bonds is 9. The second-order valence-corrected chi connectivity index (χ2v) is 5.98. The van der Waals surface area contributed by atoms with E-state index >= 15 is 0 Å². The molecule has 0 spiro atoms. The first kappa shape index (κ1) is 21.5. The van der Waals surface area contributed by atoms with Gasteiger partial charge in [0.1, 0.15) is 5.65 Å². The van der Waals surface area contributed by atoms with Crippen LogP contribution >= 0.6 is 24.0 Å². The lowest BCUT2D eigenvalue weighted by molar-refractivity contribution is 0.455.